The van der Waals surface area contributed by atoms with E-state index in [1.165, 1.54) is 0 Å². The SMILES string of the molecule is CCN(CC1CCOC1)C(=O)c1ccc2[nH]ccc2c1. The van der Waals surface area contributed by atoms with Gasteiger partial charge in [0.25, 0.3) is 5.91 Å². The quantitative estimate of drug-likeness (QED) is 0.930. The van der Waals surface area contributed by atoms with Crippen molar-refractivity contribution < 1.29 is 9.53 Å². The van der Waals surface area contributed by atoms with Gasteiger partial charge in [0.1, 0.15) is 0 Å². The van der Waals surface area contributed by atoms with E-state index >= 15 is 0 Å². The fraction of sp³-hybridized carbons (Fsp3) is 0.438. The van der Waals surface area contributed by atoms with Crippen LogP contribution >= 0.6 is 0 Å². The first-order chi connectivity index (χ1) is 9.78. The Hall–Kier alpha value is -1.81. The number of aromatic nitrogens is 1. The zero-order chi connectivity index (χ0) is 13.9. The molecule has 20 heavy (non-hydrogen) atoms. The summed E-state index contributed by atoms with van der Waals surface area (Å²) >= 11 is 0. The minimum Gasteiger partial charge on any atom is -0.381 e. The molecule has 1 aromatic heterocycles. The van der Waals surface area contributed by atoms with E-state index in [0.717, 1.165) is 49.2 Å². The van der Waals surface area contributed by atoms with Gasteiger partial charge in [0, 0.05) is 48.3 Å². The molecule has 2 aromatic rings. The maximum absolute atomic E-state index is 12.6. The molecule has 0 aliphatic carbocycles. The van der Waals surface area contributed by atoms with Gasteiger partial charge < -0.3 is 14.6 Å². The standard InChI is InChI=1S/C16H20N2O2/c1-2-18(10-12-6-8-20-11-12)16(19)14-3-4-15-13(9-14)5-7-17-15/h3-5,7,9,12,17H,2,6,8,10-11H2,1H3. The van der Waals surface area contributed by atoms with Crippen LogP contribution in [0.5, 0.6) is 0 Å². The average molecular weight is 272 g/mol. The number of nitrogens with zero attached hydrogens (tertiary/aromatic N) is 1. The van der Waals surface area contributed by atoms with E-state index in [-0.39, 0.29) is 5.91 Å². The number of aromatic amines is 1. The Balaban J connectivity index is 1.77. The van der Waals surface area contributed by atoms with Gasteiger partial charge in [0.2, 0.25) is 0 Å². The summed E-state index contributed by atoms with van der Waals surface area (Å²) in [4.78, 5) is 17.7. The molecule has 4 heteroatoms. The predicted molar refractivity (Wildman–Crippen MR) is 78.8 cm³/mol. The van der Waals surface area contributed by atoms with Gasteiger partial charge in [0.15, 0.2) is 0 Å². The highest BCUT2D eigenvalue weighted by molar-refractivity contribution is 5.98. The number of ether oxygens (including phenoxy) is 1. The van der Waals surface area contributed by atoms with Crippen LogP contribution in [-0.4, -0.2) is 42.1 Å². The van der Waals surface area contributed by atoms with Crippen molar-refractivity contribution in [3.63, 3.8) is 0 Å². The van der Waals surface area contributed by atoms with Crippen molar-refractivity contribution in [1.29, 1.82) is 0 Å². The molecule has 1 atom stereocenters. The third-order valence-corrected chi connectivity index (χ3v) is 3.97. The van der Waals surface area contributed by atoms with Crippen LogP contribution < -0.4 is 0 Å². The number of fused-ring (bicyclic) bond motifs is 1. The number of hydrogen-bond donors (Lipinski definition) is 1. The lowest BCUT2D eigenvalue weighted by atomic mass is 10.1. The summed E-state index contributed by atoms with van der Waals surface area (Å²) < 4.78 is 5.39. The molecule has 1 amide bonds. The Labute approximate surface area is 118 Å². The van der Waals surface area contributed by atoms with Crippen LogP contribution in [0.3, 0.4) is 0 Å². The van der Waals surface area contributed by atoms with Crippen molar-refractivity contribution in [1.82, 2.24) is 9.88 Å². The second-order valence-electron chi connectivity index (χ2n) is 5.35. The van der Waals surface area contributed by atoms with E-state index in [4.69, 9.17) is 4.74 Å². The molecule has 1 N–H and O–H groups in total. The first kappa shape index (κ1) is 13.2. The van der Waals surface area contributed by atoms with Crippen molar-refractivity contribution >= 4 is 16.8 Å². The van der Waals surface area contributed by atoms with E-state index in [2.05, 4.69) is 4.98 Å². The molecule has 1 aromatic carbocycles. The Morgan fingerprint density at radius 2 is 2.35 bits per heavy atom. The Morgan fingerprint density at radius 1 is 1.45 bits per heavy atom. The van der Waals surface area contributed by atoms with Gasteiger partial charge in [-0.2, -0.15) is 0 Å². The van der Waals surface area contributed by atoms with Crippen molar-refractivity contribution in [2.75, 3.05) is 26.3 Å². The molecule has 1 saturated heterocycles. The highest BCUT2D eigenvalue weighted by Crippen LogP contribution is 2.18. The molecule has 0 radical (unpaired) electrons. The number of carbonyl (C=O) groups excluding carboxylic acids is 1. The zero-order valence-corrected chi connectivity index (χ0v) is 11.8. The molecule has 1 aliphatic heterocycles. The normalized spacial score (nSPS) is 18.6. The lowest BCUT2D eigenvalue weighted by molar-refractivity contribution is 0.0731. The van der Waals surface area contributed by atoms with E-state index in [1.807, 2.05) is 42.3 Å². The highest BCUT2D eigenvalue weighted by atomic mass is 16.5. The number of amides is 1. The zero-order valence-electron chi connectivity index (χ0n) is 11.8. The molecule has 1 unspecified atom stereocenters. The minimum absolute atomic E-state index is 0.113. The van der Waals surface area contributed by atoms with Crippen molar-refractivity contribution in [3.05, 3.63) is 36.0 Å². The molecule has 2 heterocycles. The van der Waals surface area contributed by atoms with Gasteiger partial charge in [-0.1, -0.05) is 0 Å². The van der Waals surface area contributed by atoms with E-state index < -0.39 is 0 Å². The van der Waals surface area contributed by atoms with Gasteiger partial charge in [-0.05, 0) is 37.6 Å². The van der Waals surface area contributed by atoms with Crippen LogP contribution in [0, 0.1) is 5.92 Å². The van der Waals surface area contributed by atoms with E-state index in [1.54, 1.807) is 0 Å². The highest BCUT2D eigenvalue weighted by Gasteiger charge is 2.22. The van der Waals surface area contributed by atoms with Gasteiger partial charge in [-0.3, -0.25) is 4.79 Å². The maximum Gasteiger partial charge on any atom is 0.253 e. The Kier molecular flexibility index (Phi) is 3.74. The van der Waals surface area contributed by atoms with Crippen molar-refractivity contribution in [2.24, 2.45) is 5.92 Å². The first-order valence-electron chi connectivity index (χ1n) is 7.22. The third-order valence-electron chi connectivity index (χ3n) is 3.97. The molecule has 1 aliphatic rings. The van der Waals surface area contributed by atoms with Gasteiger partial charge in [-0.25, -0.2) is 0 Å². The van der Waals surface area contributed by atoms with Crippen LogP contribution in [0.15, 0.2) is 30.5 Å². The predicted octanol–water partition coefficient (Wildman–Crippen LogP) is 2.67. The number of nitrogens with one attached hydrogen (secondary N) is 1. The maximum atomic E-state index is 12.6. The molecular weight excluding hydrogens is 252 g/mol. The van der Waals surface area contributed by atoms with Gasteiger partial charge in [0.05, 0.1) is 6.61 Å². The first-order valence-corrected chi connectivity index (χ1v) is 7.22. The summed E-state index contributed by atoms with van der Waals surface area (Å²) in [6.07, 6.45) is 2.95. The number of benzene rings is 1. The van der Waals surface area contributed by atoms with E-state index in [0.29, 0.717) is 5.92 Å². The fourth-order valence-electron chi connectivity index (χ4n) is 2.76. The van der Waals surface area contributed by atoms with Crippen molar-refractivity contribution in [3.8, 4) is 0 Å². The minimum atomic E-state index is 0.113. The van der Waals surface area contributed by atoms with Crippen LogP contribution in [-0.2, 0) is 4.74 Å². The summed E-state index contributed by atoms with van der Waals surface area (Å²) in [5.41, 5.74) is 1.83. The second-order valence-corrected chi connectivity index (χ2v) is 5.35. The summed E-state index contributed by atoms with van der Waals surface area (Å²) in [5.74, 6) is 0.595. The van der Waals surface area contributed by atoms with Gasteiger partial charge in [-0.15, -0.1) is 0 Å². The summed E-state index contributed by atoms with van der Waals surface area (Å²) in [6.45, 7) is 5.16. The lowest BCUT2D eigenvalue weighted by Gasteiger charge is -2.23. The Bertz CT molecular complexity index is 599. The average Bonchev–Trinajstić information content (AvgIpc) is 3.14. The summed E-state index contributed by atoms with van der Waals surface area (Å²) in [7, 11) is 0. The monoisotopic (exact) mass is 272 g/mol. The van der Waals surface area contributed by atoms with Crippen molar-refractivity contribution in [2.45, 2.75) is 13.3 Å². The molecular formula is C16H20N2O2. The molecule has 106 valence electrons. The number of H-pyrrole nitrogens is 1. The molecule has 0 bridgehead atoms. The largest absolute Gasteiger partial charge is 0.381 e. The lowest BCUT2D eigenvalue weighted by Crippen LogP contribution is -2.35. The number of hydrogen-bond acceptors (Lipinski definition) is 2. The van der Waals surface area contributed by atoms with E-state index in [9.17, 15) is 4.79 Å². The molecule has 4 nitrogen and oxygen atoms in total. The van der Waals surface area contributed by atoms with Gasteiger partial charge >= 0.3 is 0 Å². The van der Waals surface area contributed by atoms with Crippen LogP contribution in [0.2, 0.25) is 0 Å². The molecule has 1 fully saturated rings. The van der Waals surface area contributed by atoms with Crippen LogP contribution in [0.1, 0.15) is 23.7 Å². The molecule has 3 rings (SSSR count). The third kappa shape index (κ3) is 2.56. The topological polar surface area (TPSA) is 45.3 Å². The van der Waals surface area contributed by atoms with Crippen LogP contribution in [0.4, 0.5) is 0 Å². The molecule has 0 saturated carbocycles. The number of rotatable bonds is 4. The summed E-state index contributed by atoms with van der Waals surface area (Å²) in [5, 5.41) is 1.08. The van der Waals surface area contributed by atoms with Crippen LogP contribution in [0.25, 0.3) is 10.9 Å². The second kappa shape index (κ2) is 5.67. The Morgan fingerprint density at radius 3 is 3.10 bits per heavy atom. The number of carbonyl (C=O) groups is 1. The summed E-state index contributed by atoms with van der Waals surface area (Å²) in [6, 6.07) is 7.82. The fourth-order valence-corrected chi connectivity index (χ4v) is 2.76. The molecule has 0 spiro atoms. The smallest absolute Gasteiger partial charge is 0.253 e.